The van der Waals surface area contributed by atoms with Crippen molar-refractivity contribution < 1.29 is 4.74 Å². The second kappa shape index (κ2) is 5.29. The van der Waals surface area contributed by atoms with E-state index in [1.807, 2.05) is 0 Å². The number of fused-ring (bicyclic) bond motifs is 1. The van der Waals surface area contributed by atoms with Gasteiger partial charge in [0.1, 0.15) is 11.9 Å². The summed E-state index contributed by atoms with van der Waals surface area (Å²) < 4.78 is 6.07. The van der Waals surface area contributed by atoms with Gasteiger partial charge in [0.25, 0.3) is 0 Å². The van der Waals surface area contributed by atoms with E-state index >= 15 is 0 Å². The third-order valence-electron chi connectivity index (χ3n) is 4.06. The zero-order chi connectivity index (χ0) is 14.1. The average Bonchev–Trinajstić information content (AvgIpc) is 2.90. The first-order valence-electron chi connectivity index (χ1n) is 7.31. The second-order valence-electron chi connectivity index (χ2n) is 5.48. The average molecular weight is 267 g/mol. The van der Waals surface area contributed by atoms with Crippen molar-refractivity contribution in [2.24, 2.45) is 5.73 Å². The van der Waals surface area contributed by atoms with Gasteiger partial charge in [0, 0.05) is 18.5 Å². The Labute approximate surface area is 120 Å². The van der Waals surface area contributed by atoms with Crippen LogP contribution in [0.5, 0.6) is 5.75 Å². The second-order valence-corrected chi connectivity index (χ2v) is 5.48. The van der Waals surface area contributed by atoms with Crippen molar-refractivity contribution in [3.05, 3.63) is 53.1 Å². The zero-order valence-corrected chi connectivity index (χ0v) is 12.1. The molecule has 0 aromatic heterocycles. The Morgan fingerprint density at radius 2 is 2.00 bits per heavy atom. The fraction of sp³-hybridized carbons (Fsp3) is 0.333. The first-order chi connectivity index (χ1) is 9.72. The van der Waals surface area contributed by atoms with E-state index < -0.39 is 0 Å². The number of rotatable bonds is 3. The van der Waals surface area contributed by atoms with Crippen LogP contribution in [0.2, 0.25) is 0 Å². The summed E-state index contributed by atoms with van der Waals surface area (Å²) >= 11 is 0. The van der Waals surface area contributed by atoms with Crippen molar-refractivity contribution in [2.45, 2.75) is 32.8 Å². The Hall–Kier alpha value is -1.80. The van der Waals surface area contributed by atoms with E-state index in [2.05, 4.69) is 50.2 Å². The van der Waals surface area contributed by atoms with Gasteiger partial charge in [-0.2, -0.15) is 0 Å². The Morgan fingerprint density at radius 1 is 1.20 bits per heavy atom. The normalized spacial score (nSPS) is 16.9. The molecule has 0 spiro atoms. The summed E-state index contributed by atoms with van der Waals surface area (Å²) in [4.78, 5) is 0. The third-order valence-corrected chi connectivity index (χ3v) is 4.06. The molecule has 3 rings (SSSR count). The SMILES string of the molecule is CCc1cc2c(c(-c3ccccc3C)c1)OC(CN)C2. The third kappa shape index (κ3) is 2.20. The number of hydrogen-bond donors (Lipinski definition) is 1. The van der Waals surface area contributed by atoms with Crippen LogP contribution < -0.4 is 10.5 Å². The molecular weight excluding hydrogens is 246 g/mol. The molecule has 0 amide bonds. The van der Waals surface area contributed by atoms with Crippen LogP contribution in [-0.4, -0.2) is 12.6 Å². The minimum absolute atomic E-state index is 0.125. The zero-order valence-electron chi connectivity index (χ0n) is 12.1. The molecule has 2 heteroatoms. The molecule has 0 radical (unpaired) electrons. The van der Waals surface area contributed by atoms with Gasteiger partial charge in [0.15, 0.2) is 0 Å². The summed E-state index contributed by atoms with van der Waals surface area (Å²) in [7, 11) is 0. The molecule has 20 heavy (non-hydrogen) atoms. The van der Waals surface area contributed by atoms with E-state index in [0.717, 1.165) is 18.6 Å². The molecule has 1 atom stereocenters. The van der Waals surface area contributed by atoms with Crippen LogP contribution in [0.15, 0.2) is 36.4 Å². The summed E-state index contributed by atoms with van der Waals surface area (Å²) in [5.41, 5.74) is 12.2. The number of benzene rings is 2. The maximum atomic E-state index is 6.07. The predicted molar refractivity (Wildman–Crippen MR) is 83.2 cm³/mol. The molecule has 0 saturated heterocycles. The monoisotopic (exact) mass is 267 g/mol. The molecule has 1 aliphatic heterocycles. The van der Waals surface area contributed by atoms with Gasteiger partial charge in [-0.15, -0.1) is 0 Å². The van der Waals surface area contributed by atoms with Gasteiger partial charge in [-0.05, 0) is 41.7 Å². The molecule has 0 aliphatic carbocycles. The molecule has 0 fully saturated rings. The maximum Gasteiger partial charge on any atom is 0.130 e. The fourth-order valence-corrected chi connectivity index (χ4v) is 2.91. The van der Waals surface area contributed by atoms with E-state index in [1.54, 1.807) is 0 Å². The fourth-order valence-electron chi connectivity index (χ4n) is 2.91. The van der Waals surface area contributed by atoms with Gasteiger partial charge in [0.05, 0.1) is 0 Å². The van der Waals surface area contributed by atoms with E-state index in [4.69, 9.17) is 10.5 Å². The van der Waals surface area contributed by atoms with E-state index in [0.29, 0.717) is 6.54 Å². The van der Waals surface area contributed by atoms with Crippen LogP contribution >= 0.6 is 0 Å². The lowest BCUT2D eigenvalue weighted by Gasteiger charge is -2.14. The van der Waals surface area contributed by atoms with Gasteiger partial charge >= 0.3 is 0 Å². The molecule has 2 nitrogen and oxygen atoms in total. The first kappa shape index (κ1) is 13.2. The van der Waals surface area contributed by atoms with Crippen molar-refractivity contribution in [3.8, 4) is 16.9 Å². The molecule has 0 bridgehead atoms. The standard InChI is InChI=1S/C18H21NO/c1-3-13-8-14-10-15(11-19)20-18(14)17(9-13)16-7-5-4-6-12(16)2/h4-9,15H,3,10-11,19H2,1-2H3. The highest BCUT2D eigenvalue weighted by Gasteiger charge is 2.25. The lowest BCUT2D eigenvalue weighted by molar-refractivity contribution is 0.242. The molecule has 2 N–H and O–H groups in total. The van der Waals surface area contributed by atoms with E-state index in [9.17, 15) is 0 Å². The summed E-state index contributed by atoms with van der Waals surface area (Å²) in [6.45, 7) is 4.92. The summed E-state index contributed by atoms with van der Waals surface area (Å²) in [6.07, 6.45) is 2.10. The first-order valence-corrected chi connectivity index (χ1v) is 7.31. The van der Waals surface area contributed by atoms with Gasteiger partial charge in [0.2, 0.25) is 0 Å². The Morgan fingerprint density at radius 3 is 2.70 bits per heavy atom. The van der Waals surface area contributed by atoms with Gasteiger partial charge < -0.3 is 10.5 Å². The maximum absolute atomic E-state index is 6.07. The summed E-state index contributed by atoms with van der Waals surface area (Å²) in [5.74, 6) is 1.03. The molecule has 0 saturated carbocycles. The lowest BCUT2D eigenvalue weighted by Crippen LogP contribution is -2.24. The minimum Gasteiger partial charge on any atom is -0.488 e. The van der Waals surface area contributed by atoms with Crippen LogP contribution in [0.1, 0.15) is 23.6 Å². The highest BCUT2D eigenvalue weighted by atomic mass is 16.5. The topological polar surface area (TPSA) is 35.2 Å². The lowest BCUT2D eigenvalue weighted by atomic mass is 9.94. The molecule has 1 heterocycles. The largest absolute Gasteiger partial charge is 0.488 e. The molecule has 2 aromatic rings. The van der Waals surface area contributed by atoms with Crippen LogP contribution in [0.4, 0.5) is 0 Å². The number of aryl methyl sites for hydroxylation is 2. The number of ether oxygens (including phenoxy) is 1. The highest BCUT2D eigenvalue weighted by molar-refractivity contribution is 5.76. The van der Waals surface area contributed by atoms with Crippen LogP contribution in [-0.2, 0) is 12.8 Å². The van der Waals surface area contributed by atoms with Crippen LogP contribution in [0.3, 0.4) is 0 Å². The Balaban J connectivity index is 2.16. The summed E-state index contributed by atoms with van der Waals surface area (Å²) in [5, 5.41) is 0. The van der Waals surface area contributed by atoms with Crippen molar-refractivity contribution in [1.29, 1.82) is 0 Å². The van der Waals surface area contributed by atoms with E-state index in [-0.39, 0.29) is 6.10 Å². The van der Waals surface area contributed by atoms with Crippen molar-refractivity contribution in [2.75, 3.05) is 6.54 Å². The van der Waals surface area contributed by atoms with Crippen LogP contribution in [0.25, 0.3) is 11.1 Å². The molecule has 2 aromatic carbocycles. The highest BCUT2D eigenvalue weighted by Crippen LogP contribution is 2.40. The molecule has 1 unspecified atom stereocenters. The van der Waals surface area contributed by atoms with Crippen molar-refractivity contribution in [1.82, 2.24) is 0 Å². The van der Waals surface area contributed by atoms with Crippen LogP contribution in [0, 0.1) is 6.92 Å². The molecular formula is C18H21NO. The smallest absolute Gasteiger partial charge is 0.130 e. The van der Waals surface area contributed by atoms with Gasteiger partial charge in [-0.3, -0.25) is 0 Å². The number of hydrogen-bond acceptors (Lipinski definition) is 2. The van der Waals surface area contributed by atoms with Crippen molar-refractivity contribution in [3.63, 3.8) is 0 Å². The molecule has 104 valence electrons. The Kier molecular flexibility index (Phi) is 3.49. The van der Waals surface area contributed by atoms with Gasteiger partial charge in [-0.25, -0.2) is 0 Å². The molecule has 1 aliphatic rings. The van der Waals surface area contributed by atoms with Crippen molar-refractivity contribution >= 4 is 0 Å². The van der Waals surface area contributed by atoms with E-state index in [1.165, 1.54) is 27.8 Å². The minimum atomic E-state index is 0.125. The summed E-state index contributed by atoms with van der Waals surface area (Å²) in [6, 6.07) is 13.0. The van der Waals surface area contributed by atoms with Gasteiger partial charge in [-0.1, -0.05) is 37.3 Å². The quantitative estimate of drug-likeness (QED) is 0.924. The number of nitrogens with two attached hydrogens (primary N) is 1. The Bertz CT molecular complexity index is 633. The predicted octanol–water partition coefficient (Wildman–Crippen LogP) is 3.49.